The second kappa shape index (κ2) is 5.65. The zero-order valence-corrected chi connectivity index (χ0v) is 13.3. The maximum absolute atomic E-state index is 12.8. The van der Waals surface area contributed by atoms with Crippen LogP contribution in [-0.4, -0.2) is 37.8 Å². The third-order valence-corrected chi connectivity index (χ3v) is 5.93. The van der Waals surface area contributed by atoms with Crippen molar-refractivity contribution in [1.29, 1.82) is 0 Å². The first-order valence-electron chi connectivity index (χ1n) is 6.86. The van der Waals surface area contributed by atoms with Crippen molar-refractivity contribution < 1.29 is 13.2 Å². The van der Waals surface area contributed by atoms with Gasteiger partial charge in [0, 0.05) is 26.1 Å². The van der Waals surface area contributed by atoms with Gasteiger partial charge in [-0.05, 0) is 37.5 Å². The molecule has 6 nitrogen and oxygen atoms in total. The standard InChI is InChI=1S/C14H21N3O3S/c1-9-4-5-13(15)14(10(9)2)21(19,20)17-7-6-12(8-17)16-11(3)18/h4-5,12H,6-8,15H2,1-3H3,(H,16,18). The van der Waals surface area contributed by atoms with Gasteiger partial charge in [0.2, 0.25) is 15.9 Å². The zero-order valence-electron chi connectivity index (χ0n) is 12.5. The molecule has 1 aromatic rings. The number of aryl methyl sites for hydroxylation is 1. The number of hydrogen-bond donors (Lipinski definition) is 2. The lowest BCUT2D eigenvalue weighted by Gasteiger charge is -2.20. The zero-order chi connectivity index (χ0) is 15.8. The first kappa shape index (κ1) is 15.8. The van der Waals surface area contributed by atoms with Crippen molar-refractivity contribution in [2.75, 3.05) is 18.8 Å². The second-order valence-corrected chi connectivity index (χ2v) is 7.35. The van der Waals surface area contributed by atoms with Crippen LogP contribution in [0.15, 0.2) is 17.0 Å². The van der Waals surface area contributed by atoms with Gasteiger partial charge in [0.1, 0.15) is 4.90 Å². The Kier molecular flexibility index (Phi) is 4.25. The van der Waals surface area contributed by atoms with E-state index in [0.717, 1.165) is 5.56 Å². The Hall–Kier alpha value is -1.60. The van der Waals surface area contributed by atoms with E-state index in [4.69, 9.17) is 5.73 Å². The Morgan fingerprint density at radius 3 is 2.67 bits per heavy atom. The second-order valence-electron chi connectivity index (χ2n) is 5.47. The summed E-state index contributed by atoms with van der Waals surface area (Å²) in [5.41, 5.74) is 7.72. The molecule has 0 spiro atoms. The molecule has 1 aliphatic heterocycles. The summed E-state index contributed by atoms with van der Waals surface area (Å²) < 4.78 is 27.0. The minimum Gasteiger partial charge on any atom is -0.398 e. The summed E-state index contributed by atoms with van der Waals surface area (Å²) in [4.78, 5) is 11.3. The number of benzene rings is 1. The maximum Gasteiger partial charge on any atom is 0.245 e. The summed E-state index contributed by atoms with van der Waals surface area (Å²) in [5, 5.41) is 2.76. The molecule has 1 aromatic carbocycles. The van der Waals surface area contributed by atoms with Gasteiger partial charge in [-0.3, -0.25) is 4.79 Å². The first-order chi connectivity index (χ1) is 9.73. The van der Waals surface area contributed by atoms with E-state index in [1.807, 2.05) is 13.0 Å². The van der Waals surface area contributed by atoms with Crippen LogP contribution in [0.5, 0.6) is 0 Å². The lowest BCUT2D eigenvalue weighted by Crippen LogP contribution is -2.37. The van der Waals surface area contributed by atoms with Crippen molar-refractivity contribution in [2.45, 2.75) is 38.1 Å². The molecule has 116 valence electrons. The van der Waals surface area contributed by atoms with E-state index >= 15 is 0 Å². The molecule has 0 bridgehead atoms. The van der Waals surface area contributed by atoms with Gasteiger partial charge >= 0.3 is 0 Å². The molecule has 1 unspecified atom stereocenters. The molecule has 7 heteroatoms. The van der Waals surface area contributed by atoms with E-state index in [2.05, 4.69) is 5.32 Å². The summed E-state index contributed by atoms with van der Waals surface area (Å²) in [6, 6.07) is 3.30. The smallest absolute Gasteiger partial charge is 0.245 e. The van der Waals surface area contributed by atoms with E-state index in [9.17, 15) is 13.2 Å². The Balaban J connectivity index is 2.32. The number of carbonyl (C=O) groups is 1. The molecular formula is C14H21N3O3S. The molecule has 0 aromatic heterocycles. The van der Waals surface area contributed by atoms with Crippen LogP contribution in [0, 0.1) is 13.8 Å². The quantitative estimate of drug-likeness (QED) is 0.807. The van der Waals surface area contributed by atoms with Crippen LogP contribution < -0.4 is 11.1 Å². The van der Waals surface area contributed by atoms with Gasteiger partial charge in [-0.25, -0.2) is 8.42 Å². The molecule has 1 atom stereocenters. The van der Waals surface area contributed by atoms with Gasteiger partial charge in [-0.2, -0.15) is 4.31 Å². The number of nitrogens with one attached hydrogen (secondary N) is 1. The van der Waals surface area contributed by atoms with E-state index in [1.54, 1.807) is 13.0 Å². The highest BCUT2D eigenvalue weighted by Crippen LogP contribution is 2.30. The highest BCUT2D eigenvalue weighted by Gasteiger charge is 2.35. The first-order valence-corrected chi connectivity index (χ1v) is 8.30. The van der Waals surface area contributed by atoms with Crippen LogP contribution in [0.3, 0.4) is 0 Å². The van der Waals surface area contributed by atoms with Crippen molar-refractivity contribution >= 4 is 21.6 Å². The van der Waals surface area contributed by atoms with Gasteiger partial charge in [0.15, 0.2) is 0 Å². The Morgan fingerprint density at radius 2 is 2.05 bits per heavy atom. The fraction of sp³-hybridized carbons (Fsp3) is 0.500. The van der Waals surface area contributed by atoms with Crippen molar-refractivity contribution in [3.05, 3.63) is 23.3 Å². The molecule has 0 radical (unpaired) electrons. The lowest BCUT2D eigenvalue weighted by molar-refractivity contribution is -0.119. The number of hydrogen-bond acceptors (Lipinski definition) is 4. The van der Waals surface area contributed by atoms with Crippen molar-refractivity contribution in [2.24, 2.45) is 0 Å². The predicted molar refractivity (Wildman–Crippen MR) is 81.3 cm³/mol. The number of rotatable bonds is 3. The number of carbonyl (C=O) groups excluding carboxylic acids is 1. The summed E-state index contributed by atoms with van der Waals surface area (Å²) in [6.45, 7) is 5.73. The van der Waals surface area contributed by atoms with Gasteiger partial charge in [-0.15, -0.1) is 0 Å². The minimum atomic E-state index is -3.63. The lowest BCUT2D eigenvalue weighted by atomic mass is 10.1. The molecule has 0 saturated carbocycles. The summed E-state index contributed by atoms with van der Waals surface area (Å²) >= 11 is 0. The molecule has 1 amide bonds. The number of nitrogens with zero attached hydrogens (tertiary/aromatic N) is 1. The largest absolute Gasteiger partial charge is 0.398 e. The number of nitrogens with two attached hydrogens (primary N) is 1. The average Bonchev–Trinajstić information content (AvgIpc) is 2.82. The normalized spacial score (nSPS) is 19.7. The topological polar surface area (TPSA) is 92.5 Å². The maximum atomic E-state index is 12.8. The summed E-state index contributed by atoms with van der Waals surface area (Å²) in [6.07, 6.45) is 0.615. The molecule has 21 heavy (non-hydrogen) atoms. The summed E-state index contributed by atoms with van der Waals surface area (Å²) in [5.74, 6) is -0.148. The minimum absolute atomic E-state index is 0.136. The molecule has 1 saturated heterocycles. The summed E-state index contributed by atoms with van der Waals surface area (Å²) in [7, 11) is -3.63. The van der Waals surface area contributed by atoms with Crippen LogP contribution in [0.25, 0.3) is 0 Å². The number of nitrogen functional groups attached to an aromatic ring is 1. The van der Waals surface area contributed by atoms with E-state index < -0.39 is 10.0 Å². The van der Waals surface area contributed by atoms with Crippen molar-refractivity contribution in [3.63, 3.8) is 0 Å². The van der Waals surface area contributed by atoms with E-state index in [1.165, 1.54) is 11.2 Å². The van der Waals surface area contributed by atoms with Crippen LogP contribution >= 0.6 is 0 Å². The van der Waals surface area contributed by atoms with Crippen LogP contribution in [-0.2, 0) is 14.8 Å². The predicted octanol–water partition coefficient (Wildman–Crippen LogP) is 0.785. The monoisotopic (exact) mass is 311 g/mol. The Bertz CT molecular complexity index is 670. The van der Waals surface area contributed by atoms with Gasteiger partial charge in [0.05, 0.1) is 5.69 Å². The highest BCUT2D eigenvalue weighted by atomic mass is 32.2. The number of anilines is 1. The average molecular weight is 311 g/mol. The molecule has 1 heterocycles. The van der Waals surface area contributed by atoms with Gasteiger partial charge < -0.3 is 11.1 Å². The molecule has 0 aliphatic carbocycles. The molecule has 1 fully saturated rings. The molecular weight excluding hydrogens is 290 g/mol. The molecule has 1 aliphatic rings. The van der Waals surface area contributed by atoms with Gasteiger partial charge in [0.25, 0.3) is 0 Å². The Labute approximate surface area is 125 Å². The van der Waals surface area contributed by atoms with Crippen molar-refractivity contribution in [3.8, 4) is 0 Å². The van der Waals surface area contributed by atoms with Gasteiger partial charge in [-0.1, -0.05) is 6.07 Å². The van der Waals surface area contributed by atoms with Crippen LogP contribution in [0.4, 0.5) is 5.69 Å². The molecule has 3 N–H and O–H groups in total. The fourth-order valence-electron chi connectivity index (χ4n) is 2.63. The van der Waals surface area contributed by atoms with E-state index in [-0.39, 0.29) is 29.1 Å². The highest BCUT2D eigenvalue weighted by molar-refractivity contribution is 7.89. The molecule has 2 rings (SSSR count). The third-order valence-electron chi connectivity index (χ3n) is 3.86. The number of sulfonamides is 1. The van der Waals surface area contributed by atoms with Crippen LogP contribution in [0.2, 0.25) is 0 Å². The SMILES string of the molecule is CC(=O)NC1CCN(S(=O)(=O)c2c(N)ccc(C)c2C)C1. The third kappa shape index (κ3) is 3.03. The fourth-order valence-corrected chi connectivity index (χ4v) is 4.53. The van der Waals surface area contributed by atoms with Crippen molar-refractivity contribution in [1.82, 2.24) is 9.62 Å². The van der Waals surface area contributed by atoms with Crippen LogP contribution in [0.1, 0.15) is 24.5 Å². The Morgan fingerprint density at radius 1 is 1.38 bits per heavy atom. The van der Waals surface area contributed by atoms with E-state index in [0.29, 0.717) is 18.5 Å². The number of amides is 1.